The van der Waals surface area contributed by atoms with E-state index in [2.05, 4.69) is 15.1 Å². The topological polar surface area (TPSA) is 140 Å². The molecule has 2 bridgehead atoms. The van der Waals surface area contributed by atoms with Crippen molar-refractivity contribution >= 4 is 17.6 Å². The number of carbonyl (C=O) groups excluding carboxylic acids is 2. The van der Waals surface area contributed by atoms with Crippen molar-refractivity contribution in [3.05, 3.63) is 52.5 Å². The fourth-order valence-electron chi connectivity index (χ4n) is 3.51. The van der Waals surface area contributed by atoms with Crippen LogP contribution in [0, 0.1) is 18.3 Å². The minimum Gasteiger partial charge on any atom is -0.467 e. The van der Waals surface area contributed by atoms with E-state index in [4.69, 9.17) is 10.5 Å². The third kappa shape index (κ3) is 3.16. The highest BCUT2D eigenvalue weighted by atomic mass is 16.5. The predicted octanol–water partition coefficient (Wildman–Crippen LogP) is 2.01. The van der Waals surface area contributed by atoms with Gasteiger partial charge in [0, 0.05) is 25.2 Å². The third-order valence-electron chi connectivity index (χ3n) is 5.15. The molecule has 3 aromatic rings. The number of hydrogen-bond acceptors (Lipinski definition) is 8. The minimum atomic E-state index is -0.669. The number of aryl methyl sites for hydroxylation is 2. The number of benzene rings is 1. The van der Waals surface area contributed by atoms with Crippen LogP contribution < -0.4 is 10.5 Å². The fraction of sp³-hybridized carbons (Fsp3) is 0.238. The van der Waals surface area contributed by atoms with Crippen molar-refractivity contribution < 1.29 is 14.3 Å². The van der Waals surface area contributed by atoms with E-state index >= 15 is 0 Å². The lowest BCUT2D eigenvalue weighted by Gasteiger charge is -2.22. The zero-order chi connectivity index (χ0) is 22.4. The van der Waals surface area contributed by atoms with Gasteiger partial charge in [0.1, 0.15) is 17.9 Å². The second-order valence-electron chi connectivity index (χ2n) is 7.27. The van der Waals surface area contributed by atoms with E-state index < -0.39 is 17.9 Å². The molecule has 0 unspecified atom stereocenters. The maximum atomic E-state index is 13.3. The van der Waals surface area contributed by atoms with Gasteiger partial charge < -0.3 is 10.5 Å². The Hall–Kier alpha value is -4.26. The number of amides is 2. The lowest BCUT2D eigenvalue weighted by Crippen LogP contribution is -2.35. The molecule has 2 amide bonds. The number of nitrogens with zero attached hydrogens (tertiary/aromatic N) is 6. The smallest absolute Gasteiger partial charge is 0.281 e. The molecule has 10 nitrogen and oxygen atoms in total. The Bertz CT molecular complexity index is 1290. The van der Waals surface area contributed by atoms with Crippen molar-refractivity contribution in [2.24, 2.45) is 7.05 Å². The molecule has 2 N–H and O–H groups in total. The molecule has 0 spiro atoms. The van der Waals surface area contributed by atoms with Crippen LogP contribution in [0.25, 0.3) is 11.3 Å². The second kappa shape index (κ2) is 7.21. The molecule has 1 atom stereocenters. The molecule has 0 aliphatic carbocycles. The SMILES string of the molecule is Cc1ccc2c(c1)[C@@H](C)Oc1nc(cnc1N)-c1c(nn(C)c1C#N)C(=O)N(C)C2=O. The summed E-state index contributed by atoms with van der Waals surface area (Å²) in [5, 5.41) is 13.8. The van der Waals surface area contributed by atoms with Crippen LogP contribution in [0.1, 0.15) is 50.7 Å². The van der Waals surface area contributed by atoms with E-state index in [0.717, 1.165) is 10.5 Å². The van der Waals surface area contributed by atoms with Crippen LogP contribution in [0.15, 0.2) is 24.4 Å². The first kappa shape index (κ1) is 20.0. The van der Waals surface area contributed by atoms with Gasteiger partial charge in [-0.2, -0.15) is 10.4 Å². The summed E-state index contributed by atoms with van der Waals surface area (Å²) in [4.78, 5) is 36.1. The summed E-state index contributed by atoms with van der Waals surface area (Å²) in [6.45, 7) is 3.64. The van der Waals surface area contributed by atoms with Crippen LogP contribution in [0.4, 0.5) is 5.82 Å². The molecule has 4 rings (SSSR count). The summed E-state index contributed by atoms with van der Waals surface area (Å²) in [7, 11) is 2.90. The Kier molecular flexibility index (Phi) is 4.66. The number of nitriles is 1. The molecule has 2 aromatic heterocycles. The van der Waals surface area contributed by atoms with Gasteiger partial charge in [0.15, 0.2) is 11.5 Å². The van der Waals surface area contributed by atoms with Gasteiger partial charge in [0.2, 0.25) is 0 Å². The first-order chi connectivity index (χ1) is 14.7. The highest BCUT2D eigenvalue weighted by Gasteiger charge is 2.32. The highest BCUT2D eigenvalue weighted by molar-refractivity contribution is 6.12. The van der Waals surface area contributed by atoms with Crippen molar-refractivity contribution in [3.8, 4) is 23.2 Å². The number of aromatic nitrogens is 4. The van der Waals surface area contributed by atoms with E-state index in [1.807, 2.05) is 19.1 Å². The molecule has 0 saturated carbocycles. The summed E-state index contributed by atoms with van der Waals surface area (Å²) in [5.41, 5.74) is 8.12. The number of hydrogen-bond donors (Lipinski definition) is 1. The van der Waals surface area contributed by atoms with Crippen molar-refractivity contribution in [2.75, 3.05) is 12.8 Å². The molecule has 0 saturated heterocycles. The van der Waals surface area contributed by atoms with Gasteiger partial charge in [0.05, 0.1) is 17.5 Å². The molecule has 156 valence electrons. The van der Waals surface area contributed by atoms with Gasteiger partial charge in [0.25, 0.3) is 17.7 Å². The second-order valence-corrected chi connectivity index (χ2v) is 7.27. The van der Waals surface area contributed by atoms with Crippen molar-refractivity contribution in [1.82, 2.24) is 24.6 Å². The quantitative estimate of drug-likeness (QED) is 0.548. The molecule has 0 radical (unpaired) electrons. The number of imide groups is 1. The van der Waals surface area contributed by atoms with E-state index in [1.165, 1.54) is 25.0 Å². The maximum Gasteiger partial charge on any atom is 0.281 e. The molecule has 1 aliphatic rings. The molecule has 1 aromatic carbocycles. The molecule has 1 aliphatic heterocycles. The van der Waals surface area contributed by atoms with Crippen molar-refractivity contribution in [3.63, 3.8) is 0 Å². The third-order valence-corrected chi connectivity index (χ3v) is 5.15. The molecule has 10 heteroatoms. The van der Waals surface area contributed by atoms with Crippen LogP contribution in [-0.2, 0) is 7.05 Å². The fourth-order valence-corrected chi connectivity index (χ4v) is 3.51. The summed E-state index contributed by atoms with van der Waals surface area (Å²) >= 11 is 0. The minimum absolute atomic E-state index is 0.0324. The number of carbonyl (C=O) groups is 2. The van der Waals surface area contributed by atoms with E-state index in [-0.39, 0.29) is 34.3 Å². The number of anilines is 1. The van der Waals surface area contributed by atoms with Crippen LogP contribution in [0.5, 0.6) is 5.88 Å². The van der Waals surface area contributed by atoms with Crippen LogP contribution in [-0.4, -0.2) is 43.5 Å². The summed E-state index contributed by atoms with van der Waals surface area (Å²) in [6.07, 6.45) is 0.727. The van der Waals surface area contributed by atoms with Gasteiger partial charge in [-0.15, -0.1) is 0 Å². The zero-order valence-electron chi connectivity index (χ0n) is 17.4. The van der Waals surface area contributed by atoms with E-state index in [1.54, 1.807) is 19.1 Å². The Balaban J connectivity index is 2.04. The van der Waals surface area contributed by atoms with E-state index in [0.29, 0.717) is 11.1 Å². The molecule has 31 heavy (non-hydrogen) atoms. The summed E-state index contributed by atoms with van der Waals surface area (Å²) in [6, 6.07) is 7.26. The maximum absolute atomic E-state index is 13.3. The zero-order valence-corrected chi connectivity index (χ0v) is 17.4. The number of rotatable bonds is 0. The number of fused-ring (bicyclic) bond motifs is 5. The highest BCUT2D eigenvalue weighted by Crippen LogP contribution is 2.33. The van der Waals surface area contributed by atoms with E-state index in [9.17, 15) is 14.9 Å². The van der Waals surface area contributed by atoms with Crippen molar-refractivity contribution in [1.29, 1.82) is 5.26 Å². The Morgan fingerprint density at radius 2 is 1.97 bits per heavy atom. The standard InChI is InChI=1S/C21H19N7O3/c1-10-5-6-12-13(7-10)11(2)31-19-18(23)24-9-14(25-19)16-15(8-22)28(4)26-17(16)21(30)27(3)20(12)29/h5-7,9,11H,1-4H3,(H2,23,24)/t11-/m1/s1. The first-order valence-corrected chi connectivity index (χ1v) is 9.42. The lowest BCUT2D eigenvalue weighted by atomic mass is 9.99. The Labute approximate surface area is 177 Å². The lowest BCUT2D eigenvalue weighted by molar-refractivity contribution is 0.0649. The van der Waals surface area contributed by atoms with Gasteiger partial charge >= 0.3 is 0 Å². The van der Waals surface area contributed by atoms with Crippen LogP contribution >= 0.6 is 0 Å². The summed E-state index contributed by atoms with van der Waals surface area (Å²) < 4.78 is 7.24. The van der Waals surface area contributed by atoms with Crippen molar-refractivity contribution in [2.45, 2.75) is 20.0 Å². The number of ether oxygens (including phenoxy) is 1. The molecule has 0 fully saturated rings. The predicted molar refractivity (Wildman–Crippen MR) is 110 cm³/mol. The number of nitrogens with two attached hydrogens (primary N) is 1. The molecule has 3 heterocycles. The summed E-state index contributed by atoms with van der Waals surface area (Å²) in [5.74, 6) is -1.11. The largest absolute Gasteiger partial charge is 0.467 e. The Morgan fingerprint density at radius 1 is 1.23 bits per heavy atom. The van der Waals surface area contributed by atoms with Gasteiger partial charge in [-0.05, 0) is 19.9 Å². The molecular formula is C21H19N7O3. The first-order valence-electron chi connectivity index (χ1n) is 9.42. The van der Waals surface area contributed by atoms with Gasteiger partial charge in [-0.1, -0.05) is 17.7 Å². The van der Waals surface area contributed by atoms with Crippen LogP contribution in [0.3, 0.4) is 0 Å². The van der Waals surface area contributed by atoms with Gasteiger partial charge in [-0.25, -0.2) is 9.97 Å². The Morgan fingerprint density at radius 3 is 2.68 bits per heavy atom. The monoisotopic (exact) mass is 417 g/mol. The molecular weight excluding hydrogens is 398 g/mol. The normalized spacial score (nSPS) is 15.8. The number of nitrogen functional groups attached to an aromatic ring is 1. The average Bonchev–Trinajstić information content (AvgIpc) is 3.09. The van der Waals surface area contributed by atoms with Crippen LogP contribution in [0.2, 0.25) is 0 Å². The average molecular weight is 417 g/mol. The van der Waals surface area contributed by atoms with Gasteiger partial charge in [-0.3, -0.25) is 19.2 Å².